The Morgan fingerprint density at radius 1 is 0.947 bits per heavy atom. The number of imidazole rings is 1. The summed E-state index contributed by atoms with van der Waals surface area (Å²) < 4.78 is 1.98. The minimum atomic E-state index is 0.671. The fraction of sp³-hybridized carbons (Fsp3) is 0. The summed E-state index contributed by atoms with van der Waals surface area (Å²) in [4.78, 5) is 4.32. The predicted molar refractivity (Wildman–Crippen MR) is 78.3 cm³/mol. The van der Waals surface area contributed by atoms with E-state index in [9.17, 15) is 0 Å². The first-order valence-electron chi connectivity index (χ1n) is 5.95. The van der Waals surface area contributed by atoms with E-state index in [1.54, 1.807) is 6.20 Å². The van der Waals surface area contributed by atoms with Gasteiger partial charge in [0.05, 0.1) is 10.7 Å². The van der Waals surface area contributed by atoms with Gasteiger partial charge in [0.15, 0.2) is 0 Å². The number of para-hydroxylation sites is 2. The van der Waals surface area contributed by atoms with Gasteiger partial charge < -0.3 is 5.32 Å². The molecular weight excluding hydrogens is 258 g/mol. The predicted octanol–water partition coefficient (Wildman–Crippen LogP) is 4.27. The maximum Gasteiger partial charge on any atom is 0.212 e. The Labute approximate surface area is 116 Å². The second kappa shape index (κ2) is 5.16. The summed E-state index contributed by atoms with van der Waals surface area (Å²) in [5.74, 6) is 0.735. The number of hydrogen-bond donors (Lipinski definition) is 1. The van der Waals surface area contributed by atoms with Crippen LogP contribution in [0.1, 0.15) is 0 Å². The molecule has 19 heavy (non-hydrogen) atoms. The van der Waals surface area contributed by atoms with Crippen molar-refractivity contribution < 1.29 is 0 Å². The van der Waals surface area contributed by atoms with Crippen molar-refractivity contribution in [2.75, 3.05) is 5.32 Å². The zero-order valence-corrected chi connectivity index (χ0v) is 10.9. The smallest absolute Gasteiger partial charge is 0.212 e. The number of aromatic nitrogens is 2. The van der Waals surface area contributed by atoms with Crippen LogP contribution in [0.15, 0.2) is 67.0 Å². The zero-order valence-electron chi connectivity index (χ0n) is 10.1. The number of anilines is 2. The van der Waals surface area contributed by atoms with Gasteiger partial charge in [0.2, 0.25) is 5.95 Å². The number of halogens is 1. The van der Waals surface area contributed by atoms with Crippen molar-refractivity contribution in [3.63, 3.8) is 0 Å². The van der Waals surface area contributed by atoms with Crippen LogP contribution in [0.4, 0.5) is 11.6 Å². The molecule has 0 amide bonds. The summed E-state index contributed by atoms with van der Waals surface area (Å²) in [7, 11) is 0. The molecule has 0 unspecified atom stereocenters. The van der Waals surface area contributed by atoms with E-state index in [-0.39, 0.29) is 0 Å². The first-order chi connectivity index (χ1) is 9.34. The lowest BCUT2D eigenvalue weighted by molar-refractivity contribution is 1.06. The largest absolute Gasteiger partial charge is 0.324 e. The van der Waals surface area contributed by atoms with E-state index in [1.165, 1.54) is 0 Å². The van der Waals surface area contributed by atoms with Gasteiger partial charge in [-0.2, -0.15) is 0 Å². The van der Waals surface area contributed by atoms with Crippen LogP contribution in [0.5, 0.6) is 0 Å². The number of rotatable bonds is 3. The Morgan fingerprint density at radius 3 is 2.47 bits per heavy atom. The van der Waals surface area contributed by atoms with Crippen LogP contribution in [0.25, 0.3) is 5.69 Å². The van der Waals surface area contributed by atoms with Gasteiger partial charge in [0, 0.05) is 18.1 Å². The van der Waals surface area contributed by atoms with Gasteiger partial charge in [-0.3, -0.25) is 4.57 Å². The summed E-state index contributed by atoms with van der Waals surface area (Å²) in [5.41, 5.74) is 1.89. The average molecular weight is 270 g/mol. The average Bonchev–Trinajstić information content (AvgIpc) is 2.91. The van der Waals surface area contributed by atoms with Gasteiger partial charge in [0.1, 0.15) is 0 Å². The third-order valence-electron chi connectivity index (χ3n) is 2.80. The van der Waals surface area contributed by atoms with E-state index in [4.69, 9.17) is 11.6 Å². The van der Waals surface area contributed by atoms with E-state index < -0.39 is 0 Å². The molecule has 0 aliphatic rings. The summed E-state index contributed by atoms with van der Waals surface area (Å²) in [6.07, 6.45) is 3.67. The lowest BCUT2D eigenvalue weighted by Gasteiger charge is -2.10. The molecule has 1 heterocycles. The van der Waals surface area contributed by atoms with E-state index in [0.717, 1.165) is 17.3 Å². The molecule has 1 aromatic heterocycles. The number of hydrogen-bond acceptors (Lipinski definition) is 2. The van der Waals surface area contributed by atoms with Crippen molar-refractivity contribution in [2.45, 2.75) is 0 Å². The van der Waals surface area contributed by atoms with Crippen LogP contribution in [0.3, 0.4) is 0 Å². The first kappa shape index (κ1) is 11.8. The zero-order chi connectivity index (χ0) is 13.1. The molecule has 4 heteroatoms. The molecule has 0 bridgehead atoms. The van der Waals surface area contributed by atoms with Gasteiger partial charge in [0.25, 0.3) is 0 Å². The molecule has 3 aromatic rings. The number of nitrogens with one attached hydrogen (secondary N) is 1. The van der Waals surface area contributed by atoms with Crippen LogP contribution < -0.4 is 5.32 Å². The lowest BCUT2D eigenvalue weighted by atomic mass is 10.3. The molecule has 0 radical (unpaired) electrons. The highest BCUT2D eigenvalue weighted by Gasteiger charge is 2.06. The standard InChI is InChI=1S/C15H12ClN3/c16-13-8-4-5-9-14(13)18-15-17-10-11-19(15)12-6-2-1-3-7-12/h1-11H,(H,17,18). The maximum atomic E-state index is 6.14. The fourth-order valence-corrected chi connectivity index (χ4v) is 2.06. The van der Waals surface area contributed by atoms with E-state index in [1.807, 2.05) is 65.4 Å². The summed E-state index contributed by atoms with van der Waals surface area (Å²) in [6, 6.07) is 17.6. The molecule has 0 spiro atoms. The normalized spacial score (nSPS) is 10.4. The van der Waals surface area contributed by atoms with Crippen molar-refractivity contribution in [2.24, 2.45) is 0 Å². The highest BCUT2D eigenvalue weighted by molar-refractivity contribution is 6.33. The molecule has 0 aliphatic heterocycles. The number of benzene rings is 2. The molecule has 3 rings (SSSR count). The van der Waals surface area contributed by atoms with E-state index in [2.05, 4.69) is 10.3 Å². The highest BCUT2D eigenvalue weighted by atomic mass is 35.5. The maximum absolute atomic E-state index is 6.14. The third-order valence-corrected chi connectivity index (χ3v) is 3.13. The first-order valence-corrected chi connectivity index (χ1v) is 6.33. The van der Waals surface area contributed by atoms with Crippen LogP contribution >= 0.6 is 11.6 Å². The monoisotopic (exact) mass is 269 g/mol. The van der Waals surface area contributed by atoms with E-state index >= 15 is 0 Å². The van der Waals surface area contributed by atoms with Crippen molar-refractivity contribution >= 4 is 23.2 Å². The summed E-state index contributed by atoms with van der Waals surface area (Å²) in [6.45, 7) is 0. The molecule has 1 N–H and O–H groups in total. The third kappa shape index (κ3) is 2.46. The molecule has 94 valence electrons. The van der Waals surface area contributed by atoms with Crippen LogP contribution in [-0.4, -0.2) is 9.55 Å². The van der Waals surface area contributed by atoms with Crippen molar-refractivity contribution in [3.8, 4) is 5.69 Å². The van der Waals surface area contributed by atoms with Crippen LogP contribution in [-0.2, 0) is 0 Å². The van der Waals surface area contributed by atoms with Crippen molar-refractivity contribution in [1.29, 1.82) is 0 Å². The van der Waals surface area contributed by atoms with Gasteiger partial charge >= 0.3 is 0 Å². The van der Waals surface area contributed by atoms with Gasteiger partial charge in [-0.15, -0.1) is 0 Å². The molecule has 0 fully saturated rings. The minimum Gasteiger partial charge on any atom is -0.324 e. The fourth-order valence-electron chi connectivity index (χ4n) is 1.88. The van der Waals surface area contributed by atoms with Crippen LogP contribution in [0.2, 0.25) is 5.02 Å². The Balaban J connectivity index is 1.96. The Bertz CT molecular complexity index is 677. The van der Waals surface area contributed by atoms with Gasteiger partial charge in [-0.1, -0.05) is 41.9 Å². The molecule has 0 saturated carbocycles. The Morgan fingerprint density at radius 2 is 1.68 bits per heavy atom. The van der Waals surface area contributed by atoms with Gasteiger partial charge in [-0.05, 0) is 24.3 Å². The van der Waals surface area contributed by atoms with Crippen molar-refractivity contribution in [1.82, 2.24) is 9.55 Å². The Kier molecular flexibility index (Phi) is 3.21. The van der Waals surface area contributed by atoms with E-state index in [0.29, 0.717) is 5.02 Å². The second-order valence-electron chi connectivity index (χ2n) is 4.06. The molecule has 2 aromatic carbocycles. The van der Waals surface area contributed by atoms with Crippen molar-refractivity contribution in [3.05, 3.63) is 72.0 Å². The summed E-state index contributed by atoms with van der Waals surface area (Å²) >= 11 is 6.14. The summed E-state index contributed by atoms with van der Waals surface area (Å²) in [5, 5.41) is 3.91. The minimum absolute atomic E-state index is 0.671. The molecule has 0 aliphatic carbocycles. The molecule has 0 saturated heterocycles. The topological polar surface area (TPSA) is 29.9 Å². The van der Waals surface area contributed by atoms with Crippen LogP contribution in [0, 0.1) is 0 Å². The Hall–Kier alpha value is -2.26. The molecular formula is C15H12ClN3. The highest BCUT2D eigenvalue weighted by Crippen LogP contribution is 2.25. The second-order valence-corrected chi connectivity index (χ2v) is 4.47. The van der Waals surface area contributed by atoms with Gasteiger partial charge in [-0.25, -0.2) is 4.98 Å². The molecule has 3 nitrogen and oxygen atoms in total. The molecule has 0 atom stereocenters. The lowest BCUT2D eigenvalue weighted by Crippen LogP contribution is -2.01. The number of nitrogens with zero attached hydrogens (tertiary/aromatic N) is 2. The quantitative estimate of drug-likeness (QED) is 0.769. The SMILES string of the molecule is Clc1ccccc1Nc1nccn1-c1ccccc1.